The van der Waals surface area contributed by atoms with E-state index >= 15 is 0 Å². The summed E-state index contributed by atoms with van der Waals surface area (Å²) in [7, 11) is 0. The molecule has 1 aliphatic carbocycles. The lowest BCUT2D eigenvalue weighted by Gasteiger charge is -2.36. The summed E-state index contributed by atoms with van der Waals surface area (Å²) in [4.78, 5) is 14.5. The maximum atomic E-state index is 12.4. The van der Waals surface area contributed by atoms with Crippen molar-refractivity contribution in [3.8, 4) is 5.82 Å². The first kappa shape index (κ1) is 15.5. The van der Waals surface area contributed by atoms with E-state index in [4.69, 9.17) is 0 Å². The first-order valence-electron chi connectivity index (χ1n) is 9.31. The summed E-state index contributed by atoms with van der Waals surface area (Å²) in [5.74, 6) is 2.51. The van der Waals surface area contributed by atoms with E-state index < -0.39 is 0 Å². The van der Waals surface area contributed by atoms with Crippen LogP contribution in [0.15, 0.2) is 30.6 Å². The highest BCUT2D eigenvalue weighted by molar-refractivity contribution is 5.79. The molecule has 1 saturated heterocycles. The predicted octanol–water partition coefficient (Wildman–Crippen LogP) is 1.82. The van der Waals surface area contributed by atoms with Crippen LogP contribution in [-0.4, -0.2) is 53.5 Å². The minimum absolute atomic E-state index is 0.274. The van der Waals surface area contributed by atoms with Crippen molar-refractivity contribution >= 4 is 11.6 Å². The molecule has 0 spiro atoms. The Morgan fingerprint density at radius 1 is 1.08 bits per heavy atom. The Morgan fingerprint density at radius 2 is 1.92 bits per heavy atom. The number of aromatic nitrogens is 6. The third-order valence-electron chi connectivity index (χ3n) is 5.64. The average molecular weight is 351 g/mol. The Balaban J connectivity index is 1.36. The van der Waals surface area contributed by atoms with Crippen LogP contribution in [-0.2, 0) is 4.79 Å². The van der Waals surface area contributed by atoms with Crippen molar-refractivity contribution in [2.45, 2.75) is 38.0 Å². The summed E-state index contributed by atoms with van der Waals surface area (Å²) in [6.45, 7) is 1.60. The maximum absolute atomic E-state index is 12.4. The van der Waals surface area contributed by atoms with Crippen LogP contribution in [0.3, 0.4) is 0 Å². The molecule has 1 amide bonds. The molecule has 26 heavy (non-hydrogen) atoms. The second kappa shape index (κ2) is 6.19. The summed E-state index contributed by atoms with van der Waals surface area (Å²) in [6, 6.07) is 5.67. The molecule has 1 saturated carbocycles. The van der Waals surface area contributed by atoms with Gasteiger partial charge in [-0.15, -0.1) is 15.3 Å². The molecule has 4 heterocycles. The molecule has 5 rings (SSSR count). The number of carbonyl (C=O) groups excluding carboxylic acids is 1. The number of carbonyl (C=O) groups is 1. The number of hydrogen-bond acceptors (Lipinski definition) is 5. The standard InChI is InChI=1S/C18H21N7O/c26-18(14-3-1-4-14)23-11-7-13(8-12-23)17-21-20-15-5-6-16(22-25(15)17)24-10-2-9-19-24/h2,5-6,9-10,13-14H,1,3-4,7-8,11-12H2. The molecule has 0 N–H and O–H groups in total. The third-order valence-corrected chi connectivity index (χ3v) is 5.64. The molecule has 8 nitrogen and oxygen atoms in total. The molecule has 0 bridgehead atoms. The fraction of sp³-hybridized carbons (Fsp3) is 0.500. The largest absolute Gasteiger partial charge is 0.342 e. The van der Waals surface area contributed by atoms with Crippen molar-refractivity contribution in [3.05, 3.63) is 36.4 Å². The van der Waals surface area contributed by atoms with Crippen molar-refractivity contribution in [2.24, 2.45) is 5.92 Å². The summed E-state index contributed by atoms with van der Waals surface area (Å²) in [5.41, 5.74) is 0.740. The van der Waals surface area contributed by atoms with Gasteiger partial charge in [-0.2, -0.15) is 9.61 Å². The lowest BCUT2D eigenvalue weighted by Crippen LogP contribution is -2.43. The molecular weight excluding hydrogens is 330 g/mol. The molecule has 0 aromatic carbocycles. The summed E-state index contributed by atoms with van der Waals surface area (Å²) < 4.78 is 3.55. The van der Waals surface area contributed by atoms with Gasteiger partial charge in [0.15, 0.2) is 17.3 Å². The molecule has 2 aliphatic rings. The molecule has 8 heteroatoms. The molecular formula is C18H21N7O. The van der Waals surface area contributed by atoms with Gasteiger partial charge in [-0.25, -0.2) is 4.68 Å². The van der Waals surface area contributed by atoms with E-state index in [1.165, 1.54) is 6.42 Å². The van der Waals surface area contributed by atoms with Crippen molar-refractivity contribution in [1.29, 1.82) is 0 Å². The molecule has 3 aromatic heterocycles. The Hall–Kier alpha value is -2.77. The first-order chi connectivity index (χ1) is 12.8. The minimum atomic E-state index is 0.274. The van der Waals surface area contributed by atoms with E-state index in [1.807, 2.05) is 33.8 Å². The quantitative estimate of drug-likeness (QED) is 0.719. The highest BCUT2D eigenvalue weighted by Crippen LogP contribution is 2.32. The van der Waals surface area contributed by atoms with E-state index in [9.17, 15) is 4.79 Å². The van der Waals surface area contributed by atoms with Crippen LogP contribution in [0.4, 0.5) is 0 Å². The molecule has 0 radical (unpaired) electrons. The first-order valence-corrected chi connectivity index (χ1v) is 9.31. The van der Waals surface area contributed by atoms with Gasteiger partial charge in [0.1, 0.15) is 0 Å². The minimum Gasteiger partial charge on any atom is -0.342 e. The SMILES string of the molecule is O=C(C1CCC1)N1CCC(c2nnc3ccc(-n4cccn4)nn23)CC1. The Labute approximate surface area is 150 Å². The van der Waals surface area contributed by atoms with Gasteiger partial charge in [0, 0.05) is 37.3 Å². The van der Waals surface area contributed by atoms with Crippen molar-refractivity contribution in [3.63, 3.8) is 0 Å². The van der Waals surface area contributed by atoms with Gasteiger partial charge in [-0.1, -0.05) is 6.42 Å². The number of rotatable bonds is 3. The van der Waals surface area contributed by atoms with E-state index in [-0.39, 0.29) is 11.8 Å². The van der Waals surface area contributed by atoms with Crippen LogP contribution in [0.25, 0.3) is 11.5 Å². The molecule has 0 unspecified atom stereocenters. The average Bonchev–Trinajstić information content (AvgIpc) is 3.29. The topological polar surface area (TPSA) is 81.2 Å². The highest BCUT2D eigenvalue weighted by atomic mass is 16.2. The molecule has 0 atom stereocenters. The number of piperidine rings is 1. The van der Waals surface area contributed by atoms with E-state index in [0.29, 0.717) is 5.91 Å². The maximum Gasteiger partial charge on any atom is 0.225 e. The number of nitrogens with zero attached hydrogens (tertiary/aromatic N) is 7. The van der Waals surface area contributed by atoms with Crippen LogP contribution in [0.2, 0.25) is 0 Å². The second-order valence-corrected chi connectivity index (χ2v) is 7.20. The van der Waals surface area contributed by atoms with Gasteiger partial charge >= 0.3 is 0 Å². The second-order valence-electron chi connectivity index (χ2n) is 7.20. The lowest BCUT2D eigenvalue weighted by atomic mass is 9.83. The predicted molar refractivity (Wildman–Crippen MR) is 93.8 cm³/mol. The molecule has 134 valence electrons. The van der Waals surface area contributed by atoms with Gasteiger partial charge in [0.25, 0.3) is 0 Å². The summed E-state index contributed by atoms with van der Waals surface area (Å²) in [6.07, 6.45) is 8.74. The number of amides is 1. The van der Waals surface area contributed by atoms with Gasteiger partial charge in [0.2, 0.25) is 5.91 Å². The van der Waals surface area contributed by atoms with Crippen LogP contribution in [0, 0.1) is 5.92 Å². The van der Waals surface area contributed by atoms with E-state index in [0.717, 1.165) is 56.1 Å². The van der Waals surface area contributed by atoms with Crippen LogP contribution >= 0.6 is 0 Å². The van der Waals surface area contributed by atoms with Gasteiger partial charge < -0.3 is 4.90 Å². The summed E-state index contributed by atoms with van der Waals surface area (Å²) in [5, 5.41) is 17.6. The summed E-state index contributed by atoms with van der Waals surface area (Å²) >= 11 is 0. The smallest absolute Gasteiger partial charge is 0.225 e. The molecule has 2 fully saturated rings. The zero-order chi connectivity index (χ0) is 17.5. The molecule has 1 aliphatic heterocycles. The van der Waals surface area contributed by atoms with Crippen molar-refractivity contribution in [1.82, 2.24) is 34.5 Å². The van der Waals surface area contributed by atoms with Gasteiger partial charge in [-0.3, -0.25) is 4.79 Å². The fourth-order valence-corrected chi connectivity index (χ4v) is 3.85. The zero-order valence-corrected chi connectivity index (χ0v) is 14.5. The van der Waals surface area contributed by atoms with Crippen LogP contribution < -0.4 is 0 Å². The third kappa shape index (κ3) is 2.56. The van der Waals surface area contributed by atoms with E-state index in [1.54, 1.807) is 10.9 Å². The van der Waals surface area contributed by atoms with Crippen molar-refractivity contribution < 1.29 is 4.79 Å². The van der Waals surface area contributed by atoms with Crippen LogP contribution in [0.5, 0.6) is 0 Å². The van der Waals surface area contributed by atoms with Crippen LogP contribution in [0.1, 0.15) is 43.8 Å². The zero-order valence-electron chi connectivity index (χ0n) is 14.5. The highest BCUT2D eigenvalue weighted by Gasteiger charge is 2.33. The van der Waals surface area contributed by atoms with Gasteiger partial charge in [0.05, 0.1) is 0 Å². The monoisotopic (exact) mass is 351 g/mol. The van der Waals surface area contributed by atoms with E-state index in [2.05, 4.69) is 20.4 Å². The number of fused-ring (bicyclic) bond motifs is 1. The molecule has 3 aromatic rings. The number of hydrogen-bond donors (Lipinski definition) is 0. The normalized spacial score (nSPS) is 19.0. The number of likely N-dealkylation sites (tertiary alicyclic amines) is 1. The van der Waals surface area contributed by atoms with Crippen molar-refractivity contribution in [2.75, 3.05) is 13.1 Å². The lowest BCUT2D eigenvalue weighted by molar-refractivity contribution is -0.139. The fourth-order valence-electron chi connectivity index (χ4n) is 3.85. The Kier molecular flexibility index (Phi) is 3.69. The Morgan fingerprint density at radius 3 is 2.62 bits per heavy atom. The van der Waals surface area contributed by atoms with Gasteiger partial charge in [-0.05, 0) is 43.9 Å². The Bertz CT molecular complexity index is 920.